The monoisotopic (exact) mass is 397 g/mol. The summed E-state index contributed by atoms with van der Waals surface area (Å²) in [7, 11) is 0. The molecule has 0 aliphatic rings. The maximum absolute atomic E-state index is 12.6. The SMILES string of the molecule is C/C(=N/NC(=O)c1cc(C)nc2ccc(Br)cc12)c1ccccc1O. The lowest BCUT2D eigenvalue weighted by molar-refractivity contribution is 0.0956. The van der Waals surface area contributed by atoms with Gasteiger partial charge in [-0.3, -0.25) is 9.78 Å². The molecule has 2 N–H and O–H groups in total. The minimum Gasteiger partial charge on any atom is -0.507 e. The van der Waals surface area contributed by atoms with Gasteiger partial charge in [0, 0.05) is 21.1 Å². The quantitative estimate of drug-likeness (QED) is 0.514. The number of hydrogen-bond acceptors (Lipinski definition) is 4. The summed E-state index contributed by atoms with van der Waals surface area (Å²) >= 11 is 3.42. The molecule has 3 aromatic rings. The summed E-state index contributed by atoms with van der Waals surface area (Å²) < 4.78 is 0.869. The van der Waals surface area contributed by atoms with E-state index in [1.165, 1.54) is 0 Å². The third kappa shape index (κ3) is 3.69. The van der Waals surface area contributed by atoms with Crippen molar-refractivity contribution < 1.29 is 9.90 Å². The minimum atomic E-state index is -0.330. The predicted molar refractivity (Wildman–Crippen MR) is 102 cm³/mol. The fourth-order valence-electron chi connectivity index (χ4n) is 2.55. The molecule has 0 spiro atoms. The normalized spacial score (nSPS) is 11.6. The number of aromatic hydroxyl groups is 1. The van der Waals surface area contributed by atoms with Crippen LogP contribution in [0.1, 0.15) is 28.5 Å². The number of phenols is 1. The highest BCUT2D eigenvalue weighted by atomic mass is 79.9. The van der Waals surface area contributed by atoms with Crippen LogP contribution in [0.25, 0.3) is 10.9 Å². The van der Waals surface area contributed by atoms with Crippen molar-refractivity contribution in [3.05, 3.63) is 69.8 Å². The van der Waals surface area contributed by atoms with E-state index >= 15 is 0 Å². The van der Waals surface area contributed by atoms with E-state index in [0.717, 1.165) is 21.1 Å². The second kappa shape index (κ2) is 7.03. The Morgan fingerprint density at radius 3 is 2.68 bits per heavy atom. The summed E-state index contributed by atoms with van der Waals surface area (Å²) in [4.78, 5) is 17.1. The van der Waals surface area contributed by atoms with Crippen LogP contribution in [-0.4, -0.2) is 21.7 Å². The van der Waals surface area contributed by atoms with Gasteiger partial charge in [-0.05, 0) is 50.2 Å². The van der Waals surface area contributed by atoms with Crippen molar-refractivity contribution >= 4 is 38.5 Å². The van der Waals surface area contributed by atoms with Gasteiger partial charge in [0.05, 0.1) is 16.8 Å². The number of fused-ring (bicyclic) bond motifs is 1. The molecule has 2 aromatic carbocycles. The van der Waals surface area contributed by atoms with Crippen LogP contribution in [-0.2, 0) is 0 Å². The molecular weight excluding hydrogens is 382 g/mol. The summed E-state index contributed by atoms with van der Waals surface area (Å²) in [5.74, 6) is -0.212. The lowest BCUT2D eigenvalue weighted by atomic mass is 10.1. The molecule has 0 radical (unpaired) electrons. The third-order valence-corrected chi connectivity index (χ3v) is 4.26. The summed E-state index contributed by atoms with van der Waals surface area (Å²) in [5.41, 5.74) is 5.64. The number of nitrogens with one attached hydrogen (secondary N) is 1. The summed E-state index contributed by atoms with van der Waals surface area (Å²) in [6.45, 7) is 3.57. The molecule has 6 heteroatoms. The third-order valence-electron chi connectivity index (χ3n) is 3.76. The van der Waals surface area contributed by atoms with Crippen LogP contribution in [0, 0.1) is 6.92 Å². The van der Waals surface area contributed by atoms with E-state index in [1.54, 1.807) is 37.3 Å². The van der Waals surface area contributed by atoms with E-state index < -0.39 is 0 Å². The van der Waals surface area contributed by atoms with Gasteiger partial charge in [0.15, 0.2) is 0 Å². The van der Waals surface area contributed by atoms with Gasteiger partial charge in [0.1, 0.15) is 5.75 Å². The van der Waals surface area contributed by atoms with Gasteiger partial charge in [-0.2, -0.15) is 5.10 Å². The van der Waals surface area contributed by atoms with Crippen LogP contribution in [0.2, 0.25) is 0 Å². The van der Waals surface area contributed by atoms with Crippen molar-refractivity contribution in [2.45, 2.75) is 13.8 Å². The first kappa shape index (κ1) is 17.1. The number of hydrogen-bond donors (Lipinski definition) is 2. The smallest absolute Gasteiger partial charge is 0.272 e. The number of pyridine rings is 1. The van der Waals surface area contributed by atoms with E-state index in [-0.39, 0.29) is 11.7 Å². The van der Waals surface area contributed by atoms with Crippen molar-refractivity contribution in [2.24, 2.45) is 5.10 Å². The highest BCUT2D eigenvalue weighted by molar-refractivity contribution is 9.10. The molecule has 126 valence electrons. The molecule has 0 saturated heterocycles. The second-order valence-electron chi connectivity index (χ2n) is 5.63. The lowest BCUT2D eigenvalue weighted by Crippen LogP contribution is -2.20. The number of benzene rings is 2. The fourth-order valence-corrected chi connectivity index (χ4v) is 2.91. The Hall–Kier alpha value is -2.73. The van der Waals surface area contributed by atoms with Crippen molar-refractivity contribution in [2.75, 3.05) is 0 Å². The van der Waals surface area contributed by atoms with Crippen LogP contribution in [0.3, 0.4) is 0 Å². The van der Waals surface area contributed by atoms with E-state index in [1.807, 2.05) is 25.1 Å². The van der Waals surface area contributed by atoms with E-state index in [9.17, 15) is 9.90 Å². The van der Waals surface area contributed by atoms with Gasteiger partial charge >= 0.3 is 0 Å². The van der Waals surface area contributed by atoms with Crippen LogP contribution >= 0.6 is 15.9 Å². The maximum Gasteiger partial charge on any atom is 0.272 e. The molecule has 0 saturated carbocycles. The maximum atomic E-state index is 12.6. The molecule has 25 heavy (non-hydrogen) atoms. The first-order chi connectivity index (χ1) is 12.0. The Balaban J connectivity index is 1.94. The van der Waals surface area contributed by atoms with Gasteiger partial charge in [-0.25, -0.2) is 5.43 Å². The number of aromatic nitrogens is 1. The van der Waals surface area contributed by atoms with Crippen LogP contribution in [0.4, 0.5) is 0 Å². The standard InChI is InChI=1S/C19H16BrN3O2/c1-11-9-16(15-10-13(20)7-8-17(15)21-11)19(25)23-22-12(2)14-5-3-4-6-18(14)24/h3-10,24H,1-2H3,(H,23,25)/b22-12-. The van der Waals surface area contributed by atoms with Gasteiger partial charge in [0.2, 0.25) is 0 Å². The van der Waals surface area contributed by atoms with Gasteiger partial charge in [-0.15, -0.1) is 0 Å². The molecule has 0 bridgehead atoms. The van der Waals surface area contributed by atoms with Crippen molar-refractivity contribution in [3.8, 4) is 5.75 Å². The van der Waals surface area contributed by atoms with Crippen LogP contribution in [0.5, 0.6) is 5.75 Å². The Labute approximate surface area is 153 Å². The second-order valence-corrected chi connectivity index (χ2v) is 6.54. The van der Waals surface area contributed by atoms with Gasteiger partial charge < -0.3 is 5.11 Å². The number of nitrogens with zero attached hydrogens (tertiary/aromatic N) is 2. The number of carbonyl (C=O) groups excluding carboxylic acids is 1. The highest BCUT2D eigenvalue weighted by Crippen LogP contribution is 2.23. The number of aryl methyl sites for hydroxylation is 1. The predicted octanol–water partition coefficient (Wildman–Crippen LogP) is 4.17. The van der Waals surface area contributed by atoms with Crippen LogP contribution < -0.4 is 5.43 Å². The first-order valence-electron chi connectivity index (χ1n) is 7.65. The average Bonchev–Trinajstić information content (AvgIpc) is 2.59. The Morgan fingerprint density at radius 2 is 1.92 bits per heavy atom. The van der Waals surface area contributed by atoms with E-state index in [2.05, 4.69) is 31.4 Å². The van der Waals surface area contributed by atoms with Crippen molar-refractivity contribution in [3.63, 3.8) is 0 Å². The number of amides is 1. The molecule has 3 rings (SSSR count). The Kier molecular flexibility index (Phi) is 4.81. The molecule has 1 heterocycles. The van der Waals surface area contributed by atoms with E-state index in [4.69, 9.17) is 0 Å². The summed E-state index contributed by atoms with van der Waals surface area (Å²) in [6.07, 6.45) is 0. The highest BCUT2D eigenvalue weighted by Gasteiger charge is 2.13. The van der Waals surface area contributed by atoms with Crippen molar-refractivity contribution in [1.82, 2.24) is 10.4 Å². The Bertz CT molecular complexity index is 999. The number of phenolic OH excluding ortho intramolecular Hbond substituents is 1. The number of carbonyl (C=O) groups is 1. The largest absolute Gasteiger partial charge is 0.507 e. The van der Waals surface area contributed by atoms with Crippen molar-refractivity contribution in [1.29, 1.82) is 0 Å². The number of halogens is 1. The average molecular weight is 398 g/mol. The number of para-hydroxylation sites is 1. The van der Waals surface area contributed by atoms with Gasteiger partial charge in [-0.1, -0.05) is 28.1 Å². The molecule has 0 aliphatic heterocycles. The summed E-state index contributed by atoms with van der Waals surface area (Å²) in [5, 5.41) is 14.7. The summed E-state index contributed by atoms with van der Waals surface area (Å²) in [6, 6.07) is 14.2. The molecule has 0 aliphatic carbocycles. The van der Waals surface area contributed by atoms with E-state index in [0.29, 0.717) is 16.8 Å². The molecule has 0 atom stereocenters. The zero-order valence-electron chi connectivity index (χ0n) is 13.7. The topological polar surface area (TPSA) is 74.6 Å². The minimum absolute atomic E-state index is 0.118. The zero-order valence-corrected chi connectivity index (χ0v) is 15.3. The number of rotatable bonds is 3. The number of hydrazone groups is 1. The van der Waals surface area contributed by atoms with Crippen LogP contribution in [0.15, 0.2) is 58.1 Å². The zero-order chi connectivity index (χ0) is 18.0. The molecule has 5 nitrogen and oxygen atoms in total. The fraction of sp³-hybridized carbons (Fsp3) is 0.105. The molecule has 0 fully saturated rings. The Morgan fingerprint density at radius 1 is 1.16 bits per heavy atom. The lowest BCUT2D eigenvalue weighted by Gasteiger charge is -2.08. The first-order valence-corrected chi connectivity index (χ1v) is 8.45. The molecule has 1 aromatic heterocycles. The van der Waals surface area contributed by atoms with Gasteiger partial charge in [0.25, 0.3) is 5.91 Å². The molecular formula is C19H16BrN3O2. The molecule has 1 amide bonds. The molecule has 0 unspecified atom stereocenters.